The van der Waals surface area contributed by atoms with E-state index >= 15 is 0 Å². The van der Waals surface area contributed by atoms with Crippen LogP contribution in [0.2, 0.25) is 0 Å². The van der Waals surface area contributed by atoms with Crippen LogP contribution in [0.3, 0.4) is 0 Å². The summed E-state index contributed by atoms with van der Waals surface area (Å²) in [6.45, 7) is 1.86. The van der Waals surface area contributed by atoms with Gasteiger partial charge in [0, 0.05) is 12.1 Å². The number of para-hydroxylation sites is 1. The fourth-order valence-corrected chi connectivity index (χ4v) is 2.46. The van der Waals surface area contributed by atoms with E-state index in [0.717, 1.165) is 24.1 Å². The van der Waals surface area contributed by atoms with Crippen molar-refractivity contribution in [1.82, 2.24) is 0 Å². The Bertz CT molecular complexity index is 553. The number of nitrogens with zero attached hydrogens (tertiary/aromatic N) is 1. The molecule has 0 atom stereocenters. The summed E-state index contributed by atoms with van der Waals surface area (Å²) < 4.78 is 4.76. The normalized spacial score (nSPS) is 14.3. The van der Waals surface area contributed by atoms with Crippen LogP contribution in [0.1, 0.15) is 31.7 Å². The van der Waals surface area contributed by atoms with Gasteiger partial charge in [-0.2, -0.15) is 0 Å². The Kier molecular flexibility index (Phi) is 5.09. The van der Waals surface area contributed by atoms with Gasteiger partial charge in [0.25, 0.3) is 0 Å². The molecule has 5 nitrogen and oxygen atoms in total. The second-order valence-corrected chi connectivity index (χ2v) is 4.98. The van der Waals surface area contributed by atoms with E-state index in [9.17, 15) is 14.4 Å². The van der Waals surface area contributed by atoms with Crippen LogP contribution in [0.5, 0.6) is 0 Å². The first-order valence-electron chi connectivity index (χ1n) is 7.17. The molecule has 2 rings (SSSR count). The minimum absolute atomic E-state index is 0.0721. The summed E-state index contributed by atoms with van der Waals surface area (Å²) in [5.41, 5.74) is 1.84. The highest BCUT2D eigenvalue weighted by Gasteiger charge is 2.24. The molecule has 0 bridgehead atoms. The van der Waals surface area contributed by atoms with Crippen LogP contribution < -0.4 is 4.90 Å². The zero-order valence-electron chi connectivity index (χ0n) is 12.1. The number of Topliss-reactive ketones (excluding diaryl/α,β-unsaturated/α-hetero) is 1. The number of ether oxygens (including phenoxy) is 1. The molecule has 5 heteroatoms. The summed E-state index contributed by atoms with van der Waals surface area (Å²) in [7, 11) is 0. The van der Waals surface area contributed by atoms with Crippen molar-refractivity contribution in [3.8, 4) is 0 Å². The van der Waals surface area contributed by atoms with Crippen LogP contribution in [0.4, 0.5) is 5.69 Å². The Morgan fingerprint density at radius 2 is 2.00 bits per heavy atom. The molecule has 0 aliphatic carbocycles. The van der Waals surface area contributed by atoms with Gasteiger partial charge >= 0.3 is 5.97 Å². The maximum absolute atomic E-state index is 12.2. The number of anilines is 1. The van der Waals surface area contributed by atoms with Gasteiger partial charge in [-0.25, -0.2) is 0 Å². The average Bonchev–Trinajstić information content (AvgIpc) is 2.59. The van der Waals surface area contributed by atoms with Crippen molar-refractivity contribution in [2.75, 3.05) is 18.1 Å². The van der Waals surface area contributed by atoms with Crippen LogP contribution in [-0.4, -0.2) is 30.8 Å². The zero-order chi connectivity index (χ0) is 15.2. The Hall–Kier alpha value is -2.17. The average molecular weight is 289 g/mol. The number of aryl methyl sites for hydroxylation is 1. The topological polar surface area (TPSA) is 63.7 Å². The molecule has 1 aliphatic heterocycles. The van der Waals surface area contributed by atoms with Crippen molar-refractivity contribution in [1.29, 1.82) is 0 Å². The minimum Gasteiger partial charge on any atom is -0.466 e. The maximum atomic E-state index is 12.2. The summed E-state index contributed by atoms with van der Waals surface area (Å²) >= 11 is 0. The number of hydrogen-bond donors (Lipinski definition) is 0. The van der Waals surface area contributed by atoms with E-state index in [1.54, 1.807) is 6.92 Å². The van der Waals surface area contributed by atoms with Gasteiger partial charge in [-0.05, 0) is 31.4 Å². The van der Waals surface area contributed by atoms with E-state index in [-0.39, 0.29) is 31.3 Å². The second-order valence-electron chi connectivity index (χ2n) is 4.98. The van der Waals surface area contributed by atoms with E-state index in [4.69, 9.17) is 4.74 Å². The molecule has 0 unspecified atom stereocenters. The lowest BCUT2D eigenvalue weighted by Gasteiger charge is -2.22. The van der Waals surface area contributed by atoms with Crippen LogP contribution in [0, 0.1) is 0 Å². The van der Waals surface area contributed by atoms with Gasteiger partial charge in [0.2, 0.25) is 5.91 Å². The second kappa shape index (κ2) is 7.02. The zero-order valence-corrected chi connectivity index (χ0v) is 12.1. The molecule has 0 saturated carbocycles. The quantitative estimate of drug-likeness (QED) is 0.613. The lowest BCUT2D eigenvalue weighted by molar-refractivity contribution is -0.145. The molecule has 1 aliphatic rings. The first-order valence-corrected chi connectivity index (χ1v) is 7.17. The van der Waals surface area contributed by atoms with Crippen molar-refractivity contribution in [3.63, 3.8) is 0 Å². The molecule has 0 saturated heterocycles. The first kappa shape index (κ1) is 15.2. The van der Waals surface area contributed by atoms with E-state index < -0.39 is 5.97 Å². The third-order valence-electron chi connectivity index (χ3n) is 3.40. The van der Waals surface area contributed by atoms with Crippen molar-refractivity contribution in [2.24, 2.45) is 0 Å². The molecule has 0 radical (unpaired) electrons. The summed E-state index contributed by atoms with van der Waals surface area (Å²) in [6, 6.07) is 7.58. The molecule has 21 heavy (non-hydrogen) atoms. The highest BCUT2D eigenvalue weighted by molar-refractivity contribution is 6.04. The molecule has 1 aromatic rings. The molecule has 0 spiro atoms. The minimum atomic E-state index is -0.543. The van der Waals surface area contributed by atoms with Gasteiger partial charge in [0.15, 0.2) is 5.78 Å². The molecule has 0 aromatic heterocycles. The molecule has 0 fully saturated rings. The molecular weight excluding hydrogens is 270 g/mol. The molecule has 0 N–H and O–H groups in total. The predicted octanol–water partition coefficient (Wildman–Crippen LogP) is 1.88. The van der Waals surface area contributed by atoms with E-state index in [1.165, 1.54) is 4.90 Å². The van der Waals surface area contributed by atoms with E-state index in [1.807, 2.05) is 24.3 Å². The van der Waals surface area contributed by atoms with E-state index in [0.29, 0.717) is 6.42 Å². The van der Waals surface area contributed by atoms with E-state index in [2.05, 4.69) is 0 Å². The van der Waals surface area contributed by atoms with Crippen molar-refractivity contribution >= 4 is 23.3 Å². The fourth-order valence-electron chi connectivity index (χ4n) is 2.46. The highest BCUT2D eigenvalue weighted by Crippen LogP contribution is 2.26. The highest BCUT2D eigenvalue weighted by atomic mass is 16.5. The van der Waals surface area contributed by atoms with Crippen LogP contribution in [-0.2, 0) is 25.5 Å². The van der Waals surface area contributed by atoms with Crippen molar-refractivity contribution in [2.45, 2.75) is 32.6 Å². The molecule has 112 valence electrons. The number of amides is 1. The molecule has 1 heterocycles. The number of benzene rings is 1. The standard InChI is InChI=1S/C16H19NO4/c1-2-21-16(20)10-13(18)11-17-14-8-4-3-6-12(14)7-5-9-15(17)19/h3-4,6,8H,2,5,7,9-11H2,1H3. The lowest BCUT2D eigenvalue weighted by Crippen LogP contribution is -2.36. The Morgan fingerprint density at radius 3 is 2.76 bits per heavy atom. The predicted molar refractivity (Wildman–Crippen MR) is 78.0 cm³/mol. The third kappa shape index (κ3) is 3.90. The number of hydrogen-bond acceptors (Lipinski definition) is 4. The molecule has 1 aromatic carbocycles. The summed E-state index contributed by atoms with van der Waals surface area (Å²) in [6.07, 6.45) is 1.73. The number of esters is 1. The van der Waals surface area contributed by atoms with Crippen LogP contribution >= 0.6 is 0 Å². The molecular formula is C16H19NO4. The van der Waals surface area contributed by atoms with Gasteiger partial charge < -0.3 is 9.64 Å². The Balaban J connectivity index is 2.12. The van der Waals surface area contributed by atoms with Gasteiger partial charge in [0.1, 0.15) is 6.42 Å². The van der Waals surface area contributed by atoms with Crippen LogP contribution in [0.25, 0.3) is 0 Å². The number of fused-ring (bicyclic) bond motifs is 1. The van der Waals surface area contributed by atoms with Crippen molar-refractivity contribution < 1.29 is 19.1 Å². The molecule has 1 amide bonds. The van der Waals surface area contributed by atoms with Gasteiger partial charge in [0.05, 0.1) is 13.2 Å². The Morgan fingerprint density at radius 1 is 1.24 bits per heavy atom. The lowest BCUT2D eigenvalue weighted by atomic mass is 10.1. The monoisotopic (exact) mass is 289 g/mol. The van der Waals surface area contributed by atoms with Gasteiger partial charge in [-0.3, -0.25) is 14.4 Å². The summed E-state index contributed by atoms with van der Waals surface area (Å²) in [5, 5.41) is 0. The number of rotatable bonds is 5. The SMILES string of the molecule is CCOC(=O)CC(=O)CN1C(=O)CCCc2ccccc21. The Labute approximate surface area is 123 Å². The van der Waals surface area contributed by atoms with Crippen LogP contribution in [0.15, 0.2) is 24.3 Å². The number of carbonyl (C=O) groups is 3. The van der Waals surface area contributed by atoms with Gasteiger partial charge in [-0.15, -0.1) is 0 Å². The first-order chi connectivity index (χ1) is 10.1. The fraction of sp³-hybridized carbons (Fsp3) is 0.438. The smallest absolute Gasteiger partial charge is 0.313 e. The maximum Gasteiger partial charge on any atom is 0.313 e. The van der Waals surface area contributed by atoms with Gasteiger partial charge in [-0.1, -0.05) is 18.2 Å². The number of carbonyl (C=O) groups excluding carboxylic acids is 3. The summed E-state index contributed by atoms with van der Waals surface area (Å²) in [5.74, 6) is -0.922. The number of ketones is 1. The van der Waals surface area contributed by atoms with Crippen molar-refractivity contribution in [3.05, 3.63) is 29.8 Å². The summed E-state index contributed by atoms with van der Waals surface area (Å²) in [4.78, 5) is 37.0. The largest absolute Gasteiger partial charge is 0.466 e. The third-order valence-corrected chi connectivity index (χ3v) is 3.40.